The molecule has 0 aliphatic rings. The Hall–Kier alpha value is -0.800. The van der Waals surface area contributed by atoms with E-state index in [9.17, 15) is 5.11 Å². The second-order valence-corrected chi connectivity index (χ2v) is 5.40. The molecular weight excluding hydrogens is 236 g/mol. The van der Waals surface area contributed by atoms with Crippen LogP contribution in [0.25, 0.3) is 0 Å². The lowest BCUT2D eigenvalue weighted by Gasteiger charge is -2.25. The molecule has 3 nitrogen and oxygen atoms in total. The Balaban J connectivity index is 5.09. The maximum atomic E-state index is 10.2. The summed E-state index contributed by atoms with van der Waals surface area (Å²) in [4.78, 5) is 2.10. The van der Waals surface area contributed by atoms with Crippen molar-refractivity contribution in [3.8, 4) is 0 Å². The molecule has 0 heterocycles. The molecule has 2 N–H and O–H groups in total. The Bertz CT molecular complexity index is 319. The molecule has 112 valence electrons. The summed E-state index contributed by atoms with van der Waals surface area (Å²) < 4.78 is 0. The van der Waals surface area contributed by atoms with Gasteiger partial charge in [0.15, 0.2) is 0 Å². The zero-order chi connectivity index (χ0) is 15.0. The average molecular weight is 268 g/mol. The molecule has 0 bridgehead atoms. The predicted molar refractivity (Wildman–Crippen MR) is 83.9 cm³/mol. The summed E-state index contributed by atoms with van der Waals surface area (Å²) in [5.41, 5.74) is 3.68. The molecule has 0 aromatic carbocycles. The lowest BCUT2D eigenvalue weighted by molar-refractivity contribution is 0.107. The number of hydrogen-bond donors (Lipinski definition) is 2. The maximum Gasteiger partial charge on any atom is 0.137 e. The van der Waals surface area contributed by atoms with Crippen molar-refractivity contribution in [2.75, 3.05) is 20.1 Å². The maximum absolute atomic E-state index is 10.2. The van der Waals surface area contributed by atoms with Crippen molar-refractivity contribution in [3.05, 3.63) is 22.9 Å². The third kappa shape index (κ3) is 6.26. The van der Waals surface area contributed by atoms with Crippen LogP contribution in [0.5, 0.6) is 0 Å². The lowest BCUT2D eigenvalue weighted by atomic mass is 9.95. The van der Waals surface area contributed by atoms with Crippen molar-refractivity contribution in [2.45, 2.75) is 54.2 Å². The van der Waals surface area contributed by atoms with Crippen LogP contribution in [-0.2, 0) is 0 Å². The van der Waals surface area contributed by atoms with Gasteiger partial charge in [0.2, 0.25) is 0 Å². The van der Waals surface area contributed by atoms with Gasteiger partial charge in [0.25, 0.3) is 0 Å². The number of aliphatic hydroxyl groups is 1. The molecule has 0 saturated carbocycles. The van der Waals surface area contributed by atoms with Gasteiger partial charge in [0.1, 0.15) is 6.23 Å². The largest absolute Gasteiger partial charge is 0.372 e. The lowest BCUT2D eigenvalue weighted by Crippen LogP contribution is -2.39. The highest BCUT2D eigenvalue weighted by Crippen LogP contribution is 2.22. The SMILES string of the molecule is C/C=C(C)\C(NC(O)CN(C)CC)=C(/CC)C(C)C. The molecular formula is C16H32N2O. The number of nitrogens with one attached hydrogen (secondary N) is 1. The van der Waals surface area contributed by atoms with Gasteiger partial charge in [0, 0.05) is 12.2 Å². The summed E-state index contributed by atoms with van der Waals surface area (Å²) >= 11 is 0. The first-order chi connectivity index (χ1) is 8.87. The Morgan fingerprint density at radius 2 is 1.89 bits per heavy atom. The number of likely N-dealkylation sites (N-methyl/N-ethyl adjacent to an activating group) is 1. The van der Waals surface area contributed by atoms with Crippen molar-refractivity contribution in [1.82, 2.24) is 10.2 Å². The van der Waals surface area contributed by atoms with Crippen molar-refractivity contribution in [1.29, 1.82) is 0 Å². The van der Waals surface area contributed by atoms with Crippen LogP contribution < -0.4 is 5.32 Å². The Morgan fingerprint density at radius 3 is 2.26 bits per heavy atom. The molecule has 0 saturated heterocycles. The van der Waals surface area contributed by atoms with Crippen LogP contribution in [-0.4, -0.2) is 36.4 Å². The van der Waals surface area contributed by atoms with Gasteiger partial charge in [-0.05, 0) is 50.9 Å². The first kappa shape index (κ1) is 18.2. The number of nitrogens with zero attached hydrogens (tertiary/aromatic N) is 1. The van der Waals surface area contributed by atoms with Gasteiger partial charge in [-0.15, -0.1) is 0 Å². The molecule has 0 spiro atoms. The number of allylic oxidation sites excluding steroid dienone is 3. The zero-order valence-corrected chi connectivity index (χ0v) is 13.7. The molecule has 19 heavy (non-hydrogen) atoms. The van der Waals surface area contributed by atoms with E-state index >= 15 is 0 Å². The molecule has 0 fully saturated rings. The molecule has 0 amide bonds. The van der Waals surface area contributed by atoms with E-state index in [4.69, 9.17) is 0 Å². The summed E-state index contributed by atoms with van der Waals surface area (Å²) in [6.07, 6.45) is 2.56. The molecule has 1 atom stereocenters. The minimum Gasteiger partial charge on any atom is -0.372 e. The van der Waals surface area contributed by atoms with Gasteiger partial charge in [-0.1, -0.05) is 33.8 Å². The highest BCUT2D eigenvalue weighted by molar-refractivity contribution is 5.33. The molecule has 0 aromatic rings. The third-order valence-corrected chi connectivity index (χ3v) is 3.56. The summed E-state index contributed by atoms with van der Waals surface area (Å²) in [5, 5.41) is 13.5. The molecule has 0 radical (unpaired) electrons. The molecule has 3 heteroatoms. The smallest absolute Gasteiger partial charge is 0.137 e. The first-order valence-corrected chi connectivity index (χ1v) is 7.36. The summed E-state index contributed by atoms with van der Waals surface area (Å²) in [5.74, 6) is 0.485. The summed E-state index contributed by atoms with van der Waals surface area (Å²) in [6, 6.07) is 0. The van der Waals surface area contributed by atoms with Crippen molar-refractivity contribution in [3.63, 3.8) is 0 Å². The Kier molecular flexibility index (Phi) is 8.77. The van der Waals surface area contributed by atoms with E-state index < -0.39 is 6.23 Å². The van der Waals surface area contributed by atoms with E-state index in [2.05, 4.69) is 50.9 Å². The van der Waals surface area contributed by atoms with Crippen LogP contribution in [0.15, 0.2) is 22.9 Å². The van der Waals surface area contributed by atoms with Gasteiger partial charge in [-0.25, -0.2) is 0 Å². The van der Waals surface area contributed by atoms with E-state index in [-0.39, 0.29) is 0 Å². The van der Waals surface area contributed by atoms with Crippen LogP contribution in [0.1, 0.15) is 48.0 Å². The van der Waals surface area contributed by atoms with E-state index in [1.807, 2.05) is 14.0 Å². The summed E-state index contributed by atoms with van der Waals surface area (Å²) in [6.45, 7) is 14.4. The standard InChI is InChI=1S/C16H32N2O/c1-8-13(6)16(14(9-2)12(4)5)17-15(19)11-18(7)10-3/h8,12,15,17,19H,9-11H2,1-7H3/b13-8-,16-14-. The molecule has 1 unspecified atom stereocenters. The van der Waals surface area contributed by atoms with Crippen molar-refractivity contribution in [2.24, 2.45) is 5.92 Å². The minimum atomic E-state index is -0.532. The van der Waals surface area contributed by atoms with Gasteiger partial charge in [0.05, 0.1) is 0 Å². The van der Waals surface area contributed by atoms with Crippen molar-refractivity contribution >= 4 is 0 Å². The second kappa shape index (κ2) is 9.16. The summed E-state index contributed by atoms with van der Waals surface area (Å²) in [7, 11) is 2.01. The fourth-order valence-electron chi connectivity index (χ4n) is 2.11. The van der Waals surface area contributed by atoms with Gasteiger partial charge in [-0.2, -0.15) is 0 Å². The Labute approximate surface area is 119 Å². The average Bonchev–Trinajstić information content (AvgIpc) is 2.36. The van der Waals surface area contributed by atoms with Crippen LogP contribution in [0.3, 0.4) is 0 Å². The fraction of sp³-hybridized carbons (Fsp3) is 0.750. The minimum absolute atomic E-state index is 0.485. The number of rotatable bonds is 8. The highest BCUT2D eigenvalue weighted by atomic mass is 16.3. The van der Waals surface area contributed by atoms with E-state index in [0.717, 1.165) is 18.7 Å². The normalized spacial score (nSPS) is 15.8. The first-order valence-electron chi connectivity index (χ1n) is 7.36. The molecule has 0 aliphatic carbocycles. The number of aliphatic hydroxyl groups excluding tert-OH is 1. The monoisotopic (exact) mass is 268 g/mol. The molecule has 0 rings (SSSR count). The van der Waals surface area contributed by atoms with Crippen LogP contribution in [0.2, 0.25) is 0 Å². The van der Waals surface area contributed by atoms with Crippen LogP contribution in [0.4, 0.5) is 0 Å². The quantitative estimate of drug-likeness (QED) is 0.524. The van der Waals surface area contributed by atoms with Gasteiger partial charge in [-0.3, -0.25) is 0 Å². The van der Waals surface area contributed by atoms with Crippen LogP contribution >= 0.6 is 0 Å². The van der Waals surface area contributed by atoms with E-state index in [1.54, 1.807) is 0 Å². The highest BCUT2D eigenvalue weighted by Gasteiger charge is 2.14. The topological polar surface area (TPSA) is 35.5 Å². The van der Waals surface area contributed by atoms with Crippen molar-refractivity contribution < 1.29 is 5.11 Å². The Morgan fingerprint density at radius 1 is 1.32 bits per heavy atom. The van der Waals surface area contributed by atoms with E-state index in [0.29, 0.717) is 12.5 Å². The van der Waals surface area contributed by atoms with Gasteiger partial charge < -0.3 is 15.3 Å². The zero-order valence-electron chi connectivity index (χ0n) is 13.7. The third-order valence-electron chi connectivity index (χ3n) is 3.56. The van der Waals surface area contributed by atoms with Gasteiger partial charge >= 0.3 is 0 Å². The second-order valence-electron chi connectivity index (χ2n) is 5.40. The predicted octanol–water partition coefficient (Wildman–Crippen LogP) is 3.13. The van der Waals surface area contributed by atoms with Crippen LogP contribution in [0, 0.1) is 5.92 Å². The molecule has 0 aliphatic heterocycles. The molecule has 0 aromatic heterocycles. The fourth-order valence-corrected chi connectivity index (χ4v) is 2.11. The number of hydrogen-bond acceptors (Lipinski definition) is 3. The van der Waals surface area contributed by atoms with E-state index in [1.165, 1.54) is 11.1 Å².